The van der Waals surface area contributed by atoms with Crippen LogP contribution in [0.15, 0.2) is 45.8 Å². The summed E-state index contributed by atoms with van der Waals surface area (Å²) in [6.45, 7) is 13.2. The van der Waals surface area contributed by atoms with Crippen molar-refractivity contribution >= 4 is 29.7 Å². The molecule has 2 N–H and O–H groups in total. The van der Waals surface area contributed by atoms with Gasteiger partial charge >= 0.3 is 23.9 Å². The van der Waals surface area contributed by atoms with Crippen molar-refractivity contribution in [3.8, 4) is 0 Å². The first-order valence-electron chi connectivity index (χ1n) is 16.4. The highest BCUT2D eigenvalue weighted by molar-refractivity contribution is 6.00. The van der Waals surface area contributed by atoms with Gasteiger partial charge in [0.05, 0.1) is 25.6 Å². The molecule has 2 bridgehead atoms. The molecule has 0 aromatic carbocycles. The van der Waals surface area contributed by atoms with Crippen molar-refractivity contribution in [1.29, 1.82) is 0 Å². The van der Waals surface area contributed by atoms with Crippen molar-refractivity contribution in [2.45, 2.75) is 105 Å². The van der Waals surface area contributed by atoms with Crippen LogP contribution in [0.4, 0.5) is 0 Å². The minimum Gasteiger partial charge on any atom is -0.472 e. The monoisotopic (exact) mass is 670 g/mol. The third-order valence-corrected chi connectivity index (χ3v) is 11.6. The first-order chi connectivity index (χ1) is 22.3. The lowest BCUT2D eigenvalue weighted by molar-refractivity contribution is -0.258. The predicted molar refractivity (Wildman–Crippen MR) is 167 cm³/mol. The fourth-order valence-electron chi connectivity index (χ4n) is 9.05. The number of hydrogen-bond acceptors (Lipinski definition) is 12. The van der Waals surface area contributed by atoms with Gasteiger partial charge in [0.15, 0.2) is 18.0 Å². The Labute approximate surface area is 279 Å². The number of carbonyl (C=O) groups excluding carboxylic acids is 5. The van der Waals surface area contributed by atoms with Crippen LogP contribution < -0.4 is 0 Å². The molecule has 3 fully saturated rings. The highest BCUT2D eigenvalue weighted by atomic mass is 16.6. The maximum Gasteiger partial charge on any atom is 0.339 e. The Hall–Kier alpha value is -3.77. The van der Waals surface area contributed by atoms with Gasteiger partial charge in [-0.2, -0.15) is 0 Å². The molecule has 12 heteroatoms. The number of rotatable bonds is 7. The van der Waals surface area contributed by atoms with Gasteiger partial charge in [0.2, 0.25) is 5.60 Å². The van der Waals surface area contributed by atoms with Crippen LogP contribution in [0, 0.1) is 34.0 Å². The van der Waals surface area contributed by atoms with E-state index in [1.54, 1.807) is 47.6 Å². The van der Waals surface area contributed by atoms with Crippen LogP contribution in [0.5, 0.6) is 0 Å². The number of esters is 4. The summed E-state index contributed by atoms with van der Waals surface area (Å²) in [5, 5.41) is 24.8. The quantitative estimate of drug-likeness (QED) is 0.185. The molecule has 2 heterocycles. The maximum atomic E-state index is 15.1. The second-order valence-corrected chi connectivity index (χ2v) is 15.0. The van der Waals surface area contributed by atoms with Gasteiger partial charge in [0.25, 0.3) is 0 Å². The standard InChI is InChI=1S/C36H46O12/c1-10-18(4)29(40)48-32-33(5,6)21(15-22(37)44-9)35(8)20-11-13-34(7)24(25(38)30(41)46-26(34)19-12-14-45-16-19)23(20)27(36(32,43)31(35)42)47-28(39)17(2)3/h10,12,14,16-17,20-21,25-27,32,38,43H,11,13,15H2,1-9H3. The summed E-state index contributed by atoms with van der Waals surface area (Å²) in [5.41, 5.74) is -5.54. The number of cyclic esters (lactones) is 1. The number of ether oxygens (including phenoxy) is 4. The fourth-order valence-corrected chi connectivity index (χ4v) is 9.05. The molecular formula is C36H46O12. The lowest BCUT2D eigenvalue weighted by Crippen LogP contribution is -2.80. The van der Waals surface area contributed by atoms with Crippen molar-refractivity contribution in [1.82, 2.24) is 0 Å². The first-order valence-corrected chi connectivity index (χ1v) is 16.4. The third-order valence-electron chi connectivity index (χ3n) is 11.6. The van der Waals surface area contributed by atoms with Crippen molar-refractivity contribution in [2.75, 3.05) is 7.11 Å². The Morgan fingerprint density at radius 3 is 2.35 bits per heavy atom. The summed E-state index contributed by atoms with van der Waals surface area (Å²) in [7, 11) is 1.23. The zero-order valence-electron chi connectivity index (χ0n) is 28.9. The molecule has 3 aliphatic carbocycles. The van der Waals surface area contributed by atoms with Crippen molar-refractivity contribution in [2.24, 2.45) is 34.0 Å². The SMILES string of the molecule is CC=C(C)C(=O)OC1C(C)(C)C(CC(=O)OC)C2(C)C(=O)C1(O)C(OC(=O)C(C)C)C1=C3C(O)C(=O)OC(c4ccoc4)C3(C)CCC12. The Morgan fingerprint density at radius 2 is 1.79 bits per heavy atom. The molecule has 12 nitrogen and oxygen atoms in total. The third kappa shape index (κ3) is 4.88. The molecule has 1 aliphatic heterocycles. The molecule has 0 amide bonds. The van der Waals surface area contributed by atoms with Crippen LogP contribution in [0.25, 0.3) is 0 Å². The van der Waals surface area contributed by atoms with E-state index < -0.39 is 93.7 Å². The highest BCUT2D eigenvalue weighted by Crippen LogP contribution is 2.69. The molecular weight excluding hydrogens is 624 g/mol. The summed E-state index contributed by atoms with van der Waals surface area (Å²) in [4.78, 5) is 68.5. The van der Waals surface area contributed by atoms with Gasteiger partial charge in [0.1, 0.15) is 12.2 Å². The summed E-state index contributed by atoms with van der Waals surface area (Å²) in [5.74, 6) is -6.32. The molecule has 9 unspecified atom stereocenters. The number of aliphatic hydroxyl groups is 2. The zero-order valence-corrected chi connectivity index (χ0v) is 28.9. The van der Waals surface area contributed by atoms with Crippen LogP contribution in [-0.4, -0.2) is 70.9 Å². The molecule has 0 radical (unpaired) electrons. The Kier molecular flexibility index (Phi) is 8.87. The largest absolute Gasteiger partial charge is 0.472 e. The molecule has 262 valence electrons. The Bertz CT molecular complexity index is 1580. The van der Waals surface area contributed by atoms with Crippen LogP contribution in [0.2, 0.25) is 0 Å². The maximum absolute atomic E-state index is 15.1. The van der Waals surface area contributed by atoms with E-state index in [0.717, 1.165) is 0 Å². The van der Waals surface area contributed by atoms with Gasteiger partial charge in [-0.05, 0) is 55.7 Å². The zero-order chi connectivity index (χ0) is 35.7. The normalized spacial score (nSPS) is 37.3. The molecule has 1 aromatic rings. The smallest absolute Gasteiger partial charge is 0.339 e. The number of Topliss-reactive ketones (excluding diaryl/α,β-unsaturated/α-hetero) is 1. The molecule has 5 rings (SSSR count). The molecule has 1 aromatic heterocycles. The molecule has 1 saturated heterocycles. The van der Waals surface area contributed by atoms with E-state index in [9.17, 15) is 29.4 Å². The van der Waals surface area contributed by atoms with Gasteiger partial charge in [-0.3, -0.25) is 14.4 Å². The number of carbonyl (C=O) groups is 5. The second kappa shape index (κ2) is 12.0. The van der Waals surface area contributed by atoms with E-state index >= 15 is 4.79 Å². The van der Waals surface area contributed by atoms with Crippen molar-refractivity contribution in [3.63, 3.8) is 0 Å². The summed E-state index contributed by atoms with van der Waals surface area (Å²) in [6.07, 6.45) is -1.47. The average molecular weight is 671 g/mol. The van der Waals surface area contributed by atoms with E-state index in [2.05, 4.69) is 0 Å². The van der Waals surface area contributed by atoms with E-state index in [0.29, 0.717) is 12.0 Å². The topological polar surface area (TPSA) is 176 Å². The van der Waals surface area contributed by atoms with E-state index in [1.807, 2.05) is 6.92 Å². The lowest BCUT2D eigenvalue weighted by atomic mass is 9.38. The van der Waals surface area contributed by atoms with Gasteiger partial charge < -0.3 is 33.6 Å². The minimum atomic E-state index is -2.69. The van der Waals surface area contributed by atoms with Gasteiger partial charge in [-0.25, -0.2) is 9.59 Å². The minimum absolute atomic E-state index is 0.158. The highest BCUT2D eigenvalue weighted by Gasteiger charge is 2.78. The van der Waals surface area contributed by atoms with Crippen LogP contribution in [0.1, 0.15) is 86.3 Å². The van der Waals surface area contributed by atoms with Crippen LogP contribution in [-0.2, 0) is 42.9 Å². The summed E-state index contributed by atoms with van der Waals surface area (Å²) < 4.78 is 28.3. The van der Waals surface area contributed by atoms with Crippen LogP contribution in [0.3, 0.4) is 0 Å². The summed E-state index contributed by atoms with van der Waals surface area (Å²) >= 11 is 0. The number of allylic oxidation sites excluding steroid dienone is 1. The Balaban J connectivity index is 1.88. The number of ketones is 1. The van der Waals surface area contributed by atoms with Gasteiger partial charge in [0, 0.05) is 33.8 Å². The molecule has 4 aliphatic rings. The molecule has 2 saturated carbocycles. The van der Waals surface area contributed by atoms with E-state index in [-0.39, 0.29) is 29.6 Å². The number of hydrogen-bond donors (Lipinski definition) is 2. The van der Waals surface area contributed by atoms with Crippen molar-refractivity contribution in [3.05, 3.63) is 47.0 Å². The average Bonchev–Trinajstić information content (AvgIpc) is 3.58. The number of aliphatic hydroxyl groups excluding tert-OH is 1. The second-order valence-electron chi connectivity index (χ2n) is 15.0. The molecule has 48 heavy (non-hydrogen) atoms. The number of methoxy groups -OCH3 is 1. The van der Waals surface area contributed by atoms with Gasteiger partial charge in [-0.15, -0.1) is 0 Å². The molecule has 0 spiro atoms. The first kappa shape index (κ1) is 35.5. The van der Waals surface area contributed by atoms with E-state index in [4.69, 9.17) is 23.4 Å². The van der Waals surface area contributed by atoms with E-state index in [1.165, 1.54) is 32.6 Å². The number of fused-ring (bicyclic) bond motifs is 5. The van der Waals surface area contributed by atoms with Crippen molar-refractivity contribution < 1.29 is 57.6 Å². The molecule has 9 atom stereocenters. The Morgan fingerprint density at radius 1 is 1.12 bits per heavy atom. The number of furan rings is 1. The fraction of sp³-hybridized carbons (Fsp3) is 0.639. The lowest BCUT2D eigenvalue weighted by Gasteiger charge is -2.67. The summed E-state index contributed by atoms with van der Waals surface area (Å²) in [6, 6.07) is 1.65. The predicted octanol–water partition coefficient (Wildman–Crippen LogP) is 3.94. The van der Waals surface area contributed by atoms with Gasteiger partial charge in [-0.1, -0.05) is 47.6 Å². The van der Waals surface area contributed by atoms with Crippen LogP contribution >= 0.6 is 0 Å².